The van der Waals surface area contributed by atoms with Gasteiger partial charge in [-0.1, -0.05) is 29.8 Å². The molecule has 7 heteroatoms. The molecule has 0 spiro atoms. The molecule has 0 saturated carbocycles. The van der Waals surface area contributed by atoms with Crippen LogP contribution in [0, 0.1) is 0 Å². The second-order valence-corrected chi connectivity index (χ2v) is 7.08. The van der Waals surface area contributed by atoms with Crippen molar-refractivity contribution in [3.05, 3.63) is 59.1 Å². The van der Waals surface area contributed by atoms with E-state index in [0.29, 0.717) is 16.3 Å². The highest BCUT2D eigenvalue weighted by atomic mass is 35.5. The van der Waals surface area contributed by atoms with Gasteiger partial charge < -0.3 is 4.74 Å². The third-order valence-corrected chi connectivity index (χ3v) is 4.37. The molecule has 0 aliphatic carbocycles. The molecule has 0 atom stereocenters. The zero-order valence-corrected chi connectivity index (χ0v) is 14.3. The fourth-order valence-electron chi connectivity index (χ4n) is 1.77. The number of nitrogens with zero attached hydrogens (tertiary/aromatic N) is 1. The molecule has 0 amide bonds. The zero-order chi connectivity index (χ0) is 16.9. The summed E-state index contributed by atoms with van der Waals surface area (Å²) in [5, 5.41) is 4.23. The monoisotopic (exact) mass is 352 g/mol. The third kappa shape index (κ3) is 4.97. The average molecular weight is 353 g/mol. The van der Waals surface area contributed by atoms with Crippen LogP contribution in [0.25, 0.3) is 0 Å². The quantitative estimate of drug-likeness (QED) is 0.639. The van der Waals surface area contributed by atoms with E-state index < -0.39 is 10.0 Å². The van der Waals surface area contributed by atoms with E-state index in [0.717, 1.165) is 0 Å². The molecule has 2 aromatic carbocycles. The number of sulfonamides is 1. The van der Waals surface area contributed by atoms with Gasteiger partial charge in [0.25, 0.3) is 10.0 Å². The molecule has 2 aromatic rings. The summed E-state index contributed by atoms with van der Waals surface area (Å²) in [6.45, 7) is 3.80. The summed E-state index contributed by atoms with van der Waals surface area (Å²) in [5.41, 5.74) is 0.623. The predicted molar refractivity (Wildman–Crippen MR) is 91.6 cm³/mol. The summed E-state index contributed by atoms with van der Waals surface area (Å²) in [7, 11) is -3.74. The normalized spacial score (nSPS) is 11.8. The van der Waals surface area contributed by atoms with Gasteiger partial charge in [-0.2, -0.15) is 13.5 Å². The maximum absolute atomic E-state index is 12.1. The van der Waals surface area contributed by atoms with Crippen molar-refractivity contribution in [1.82, 2.24) is 4.83 Å². The number of halogens is 1. The number of ether oxygens (including phenoxy) is 1. The minimum absolute atomic E-state index is 0.0239. The lowest BCUT2D eigenvalue weighted by atomic mass is 10.2. The van der Waals surface area contributed by atoms with Crippen LogP contribution in [0.4, 0.5) is 0 Å². The van der Waals surface area contributed by atoms with Crippen LogP contribution < -0.4 is 9.57 Å². The number of nitrogens with one attached hydrogen (secondary N) is 1. The van der Waals surface area contributed by atoms with Gasteiger partial charge in [0.2, 0.25) is 0 Å². The van der Waals surface area contributed by atoms with Gasteiger partial charge in [0.1, 0.15) is 5.75 Å². The Balaban J connectivity index is 2.08. The van der Waals surface area contributed by atoms with Crippen molar-refractivity contribution in [1.29, 1.82) is 0 Å². The summed E-state index contributed by atoms with van der Waals surface area (Å²) in [6.07, 6.45) is 1.38. The molecule has 0 saturated heterocycles. The molecule has 0 bridgehead atoms. The topological polar surface area (TPSA) is 67.8 Å². The Morgan fingerprint density at radius 2 is 1.78 bits per heavy atom. The first-order valence-corrected chi connectivity index (χ1v) is 8.81. The van der Waals surface area contributed by atoms with Crippen LogP contribution in [-0.4, -0.2) is 20.7 Å². The van der Waals surface area contributed by atoms with Gasteiger partial charge in [-0.25, -0.2) is 4.83 Å². The van der Waals surface area contributed by atoms with Crippen molar-refractivity contribution in [2.24, 2.45) is 5.10 Å². The smallest absolute Gasteiger partial charge is 0.276 e. The molecule has 0 radical (unpaired) electrons. The Kier molecular flexibility index (Phi) is 5.63. The van der Waals surface area contributed by atoms with Crippen LogP contribution in [0.2, 0.25) is 5.02 Å². The predicted octanol–water partition coefficient (Wildman–Crippen LogP) is 3.44. The van der Waals surface area contributed by atoms with E-state index in [1.165, 1.54) is 18.3 Å². The zero-order valence-electron chi connectivity index (χ0n) is 12.7. The van der Waals surface area contributed by atoms with Crippen molar-refractivity contribution in [3.8, 4) is 5.75 Å². The maximum atomic E-state index is 12.1. The Bertz CT molecular complexity index is 787. The van der Waals surface area contributed by atoms with E-state index >= 15 is 0 Å². The first kappa shape index (κ1) is 17.3. The van der Waals surface area contributed by atoms with Crippen LogP contribution in [-0.2, 0) is 10.0 Å². The highest BCUT2D eigenvalue weighted by Crippen LogP contribution is 2.17. The second-order valence-electron chi connectivity index (χ2n) is 5.01. The first-order valence-electron chi connectivity index (χ1n) is 6.94. The highest BCUT2D eigenvalue weighted by Gasteiger charge is 2.12. The number of benzene rings is 2. The van der Waals surface area contributed by atoms with Crippen molar-refractivity contribution in [2.75, 3.05) is 0 Å². The summed E-state index contributed by atoms with van der Waals surface area (Å²) < 4.78 is 29.8. The Morgan fingerprint density at radius 1 is 1.13 bits per heavy atom. The molecular weight excluding hydrogens is 336 g/mol. The van der Waals surface area contributed by atoms with Gasteiger partial charge in [0.15, 0.2) is 0 Å². The first-order chi connectivity index (χ1) is 10.9. The number of hydrogen-bond donors (Lipinski definition) is 1. The largest absolute Gasteiger partial charge is 0.491 e. The van der Waals surface area contributed by atoms with E-state index in [9.17, 15) is 8.42 Å². The molecule has 0 aromatic heterocycles. The minimum Gasteiger partial charge on any atom is -0.491 e. The second kappa shape index (κ2) is 7.48. The summed E-state index contributed by atoms with van der Waals surface area (Å²) in [6, 6.07) is 13.1. The lowest BCUT2D eigenvalue weighted by Gasteiger charge is -2.10. The van der Waals surface area contributed by atoms with Crippen LogP contribution in [0.1, 0.15) is 19.4 Å². The molecular formula is C16H17ClN2O3S. The van der Waals surface area contributed by atoms with Gasteiger partial charge >= 0.3 is 0 Å². The van der Waals surface area contributed by atoms with Crippen molar-refractivity contribution in [2.45, 2.75) is 24.8 Å². The SMILES string of the molecule is CC(C)Oc1ccc(S(=O)(=O)N/N=C/c2ccccc2Cl)cc1. The molecule has 5 nitrogen and oxygen atoms in total. The summed E-state index contributed by atoms with van der Waals surface area (Å²) in [5.74, 6) is 0.610. The van der Waals surface area contributed by atoms with Gasteiger partial charge in [-0.05, 0) is 44.2 Å². The van der Waals surface area contributed by atoms with Gasteiger partial charge in [0.05, 0.1) is 17.2 Å². The van der Waals surface area contributed by atoms with Crippen LogP contribution >= 0.6 is 11.6 Å². The molecule has 23 heavy (non-hydrogen) atoms. The third-order valence-electron chi connectivity index (χ3n) is 2.79. The van der Waals surface area contributed by atoms with Gasteiger partial charge in [-0.15, -0.1) is 0 Å². The molecule has 0 unspecified atom stereocenters. The van der Waals surface area contributed by atoms with Gasteiger partial charge in [0, 0.05) is 10.6 Å². The summed E-state index contributed by atoms with van der Waals surface area (Å²) in [4.78, 5) is 2.26. The molecule has 1 N–H and O–H groups in total. The summed E-state index contributed by atoms with van der Waals surface area (Å²) >= 11 is 5.97. The van der Waals surface area contributed by atoms with Crippen molar-refractivity contribution < 1.29 is 13.2 Å². The molecule has 0 aliphatic heterocycles. The lowest BCUT2D eigenvalue weighted by molar-refractivity contribution is 0.242. The fourth-order valence-corrected chi connectivity index (χ4v) is 2.74. The molecule has 0 fully saturated rings. The van der Waals surface area contributed by atoms with E-state index in [1.807, 2.05) is 13.8 Å². The van der Waals surface area contributed by atoms with Gasteiger partial charge in [-0.3, -0.25) is 0 Å². The number of hydrogen-bond acceptors (Lipinski definition) is 4. The standard InChI is InChI=1S/C16H17ClN2O3S/c1-12(2)22-14-7-9-15(10-8-14)23(20,21)19-18-11-13-5-3-4-6-16(13)17/h3-12,19H,1-2H3/b18-11+. The van der Waals surface area contributed by atoms with Crippen LogP contribution in [0.3, 0.4) is 0 Å². The van der Waals surface area contributed by atoms with Crippen molar-refractivity contribution >= 4 is 27.8 Å². The van der Waals surface area contributed by atoms with Crippen molar-refractivity contribution in [3.63, 3.8) is 0 Å². The van der Waals surface area contributed by atoms with E-state index in [4.69, 9.17) is 16.3 Å². The minimum atomic E-state index is -3.74. The molecule has 2 rings (SSSR count). The maximum Gasteiger partial charge on any atom is 0.276 e. The molecule has 0 aliphatic rings. The average Bonchev–Trinajstić information content (AvgIpc) is 2.49. The highest BCUT2D eigenvalue weighted by molar-refractivity contribution is 7.89. The number of rotatable bonds is 6. The molecule has 0 heterocycles. The fraction of sp³-hybridized carbons (Fsp3) is 0.188. The van der Waals surface area contributed by atoms with E-state index in [-0.39, 0.29) is 11.0 Å². The number of hydrazone groups is 1. The Labute approximate surface area is 141 Å². The van der Waals surface area contributed by atoms with E-state index in [1.54, 1.807) is 36.4 Å². The molecule has 122 valence electrons. The van der Waals surface area contributed by atoms with Crippen LogP contribution in [0.15, 0.2) is 58.5 Å². The Hall–Kier alpha value is -2.05. The Morgan fingerprint density at radius 3 is 2.39 bits per heavy atom. The lowest BCUT2D eigenvalue weighted by Crippen LogP contribution is -2.18. The van der Waals surface area contributed by atoms with E-state index in [2.05, 4.69) is 9.93 Å². The van der Waals surface area contributed by atoms with Crippen LogP contribution in [0.5, 0.6) is 5.75 Å².